The first-order valence-electron chi connectivity index (χ1n) is 6.83. The Morgan fingerprint density at radius 3 is 2.68 bits per heavy atom. The van der Waals surface area contributed by atoms with Gasteiger partial charge in [0, 0.05) is 37.2 Å². The fraction of sp³-hybridized carbons (Fsp3) is 0.533. The topological polar surface area (TPSA) is 29.5 Å². The minimum Gasteiger partial charge on any atom is -0.363 e. The summed E-state index contributed by atoms with van der Waals surface area (Å²) >= 11 is 1.92. The van der Waals surface area contributed by atoms with Crippen LogP contribution in [0.5, 0.6) is 0 Å². The minimum atomic E-state index is 0.00249. The fourth-order valence-electron chi connectivity index (χ4n) is 2.82. The molecule has 1 spiro atoms. The molecule has 0 aliphatic carbocycles. The molecular weight excluding hydrogens is 258 g/mol. The molecule has 2 fully saturated rings. The lowest BCUT2D eigenvalue weighted by molar-refractivity contribution is 0.00351. The Hall–Kier alpha value is -1.00. The molecule has 0 atom stereocenters. The SMILES string of the molecule is Cc1ccccc1C(=O)N1CCC2(CC1)OCCS2. The van der Waals surface area contributed by atoms with Gasteiger partial charge in [-0.15, -0.1) is 11.8 Å². The maximum absolute atomic E-state index is 12.5. The van der Waals surface area contributed by atoms with Crippen molar-refractivity contribution in [1.82, 2.24) is 4.90 Å². The zero-order valence-corrected chi connectivity index (χ0v) is 12.0. The van der Waals surface area contributed by atoms with E-state index in [1.807, 2.05) is 47.9 Å². The summed E-state index contributed by atoms with van der Waals surface area (Å²) in [5, 5.41) is 0. The molecular formula is C15H19NO2S. The molecule has 1 amide bonds. The first kappa shape index (κ1) is 13.0. The van der Waals surface area contributed by atoms with Gasteiger partial charge in [0.15, 0.2) is 0 Å². The number of likely N-dealkylation sites (tertiary alicyclic amines) is 1. The van der Waals surface area contributed by atoms with E-state index in [4.69, 9.17) is 4.74 Å². The highest BCUT2D eigenvalue weighted by Crippen LogP contribution is 2.41. The Kier molecular flexibility index (Phi) is 3.54. The van der Waals surface area contributed by atoms with Crippen LogP contribution in [0.3, 0.4) is 0 Å². The van der Waals surface area contributed by atoms with Gasteiger partial charge in [-0.25, -0.2) is 0 Å². The molecule has 0 radical (unpaired) electrons. The van der Waals surface area contributed by atoms with Crippen molar-refractivity contribution < 1.29 is 9.53 Å². The van der Waals surface area contributed by atoms with E-state index in [0.717, 1.165) is 49.4 Å². The summed E-state index contributed by atoms with van der Waals surface area (Å²) in [6.45, 7) is 4.46. The minimum absolute atomic E-state index is 0.00249. The van der Waals surface area contributed by atoms with Crippen LogP contribution in [0.15, 0.2) is 24.3 Å². The number of aryl methyl sites for hydroxylation is 1. The number of hydrogen-bond donors (Lipinski definition) is 0. The molecule has 3 nitrogen and oxygen atoms in total. The molecule has 0 saturated carbocycles. The van der Waals surface area contributed by atoms with Crippen LogP contribution in [0.25, 0.3) is 0 Å². The molecule has 2 aliphatic rings. The summed E-state index contributed by atoms with van der Waals surface area (Å²) in [6.07, 6.45) is 1.91. The zero-order valence-electron chi connectivity index (χ0n) is 11.2. The summed E-state index contributed by atoms with van der Waals surface area (Å²) in [5.41, 5.74) is 1.89. The van der Waals surface area contributed by atoms with Gasteiger partial charge in [0.05, 0.1) is 6.61 Å². The fourth-order valence-corrected chi connectivity index (χ4v) is 4.00. The maximum atomic E-state index is 12.5. The summed E-state index contributed by atoms with van der Waals surface area (Å²) in [6, 6.07) is 7.82. The third-order valence-corrected chi connectivity index (χ3v) is 5.42. The Labute approximate surface area is 118 Å². The van der Waals surface area contributed by atoms with Gasteiger partial charge in [-0.3, -0.25) is 4.79 Å². The standard InChI is InChI=1S/C15H19NO2S/c1-12-4-2-3-5-13(12)14(17)16-8-6-15(7-9-16)18-10-11-19-15/h2-5H,6-11H2,1H3. The van der Waals surface area contributed by atoms with E-state index in [-0.39, 0.29) is 10.8 Å². The van der Waals surface area contributed by atoms with Crippen molar-refractivity contribution in [1.29, 1.82) is 0 Å². The first-order valence-corrected chi connectivity index (χ1v) is 7.82. The van der Waals surface area contributed by atoms with E-state index in [2.05, 4.69) is 0 Å². The average molecular weight is 277 g/mol. The molecule has 102 valence electrons. The van der Waals surface area contributed by atoms with Crippen LogP contribution in [0, 0.1) is 6.92 Å². The third kappa shape index (κ3) is 2.51. The molecule has 0 bridgehead atoms. The number of piperidine rings is 1. The lowest BCUT2D eigenvalue weighted by atomic mass is 10.0. The molecule has 0 aromatic heterocycles. The van der Waals surface area contributed by atoms with Crippen molar-refractivity contribution >= 4 is 17.7 Å². The molecule has 3 rings (SSSR count). The summed E-state index contributed by atoms with van der Waals surface area (Å²) < 4.78 is 5.86. The van der Waals surface area contributed by atoms with Gasteiger partial charge in [-0.1, -0.05) is 18.2 Å². The summed E-state index contributed by atoms with van der Waals surface area (Å²) in [5.74, 6) is 1.25. The summed E-state index contributed by atoms with van der Waals surface area (Å²) in [7, 11) is 0. The monoisotopic (exact) mass is 277 g/mol. The second-order valence-electron chi connectivity index (χ2n) is 5.21. The van der Waals surface area contributed by atoms with E-state index in [9.17, 15) is 4.79 Å². The highest BCUT2D eigenvalue weighted by molar-refractivity contribution is 8.00. The molecule has 1 aromatic carbocycles. The molecule has 0 N–H and O–H groups in total. The molecule has 2 heterocycles. The predicted octanol–water partition coefficient (Wildman–Crippen LogP) is 2.69. The number of hydrogen-bond acceptors (Lipinski definition) is 3. The van der Waals surface area contributed by atoms with E-state index in [1.165, 1.54) is 0 Å². The Morgan fingerprint density at radius 2 is 2.05 bits per heavy atom. The lowest BCUT2D eigenvalue weighted by Crippen LogP contribution is -2.45. The number of carbonyl (C=O) groups is 1. The normalized spacial score (nSPS) is 21.8. The van der Waals surface area contributed by atoms with Crippen molar-refractivity contribution in [3.05, 3.63) is 35.4 Å². The quantitative estimate of drug-likeness (QED) is 0.790. The Balaban J connectivity index is 1.68. The lowest BCUT2D eigenvalue weighted by Gasteiger charge is -2.38. The van der Waals surface area contributed by atoms with Crippen molar-refractivity contribution in [2.75, 3.05) is 25.4 Å². The predicted molar refractivity (Wildman–Crippen MR) is 77.5 cm³/mol. The van der Waals surface area contributed by atoms with Crippen molar-refractivity contribution in [2.24, 2.45) is 0 Å². The van der Waals surface area contributed by atoms with E-state index < -0.39 is 0 Å². The maximum Gasteiger partial charge on any atom is 0.254 e. The van der Waals surface area contributed by atoms with E-state index in [1.54, 1.807) is 0 Å². The Bertz CT molecular complexity index is 473. The molecule has 0 unspecified atom stereocenters. The van der Waals surface area contributed by atoms with Crippen LogP contribution in [0.1, 0.15) is 28.8 Å². The van der Waals surface area contributed by atoms with E-state index in [0.29, 0.717) is 0 Å². The van der Waals surface area contributed by atoms with E-state index >= 15 is 0 Å². The average Bonchev–Trinajstić information content (AvgIpc) is 2.88. The molecule has 1 aromatic rings. The van der Waals surface area contributed by atoms with Gasteiger partial charge in [0.1, 0.15) is 4.93 Å². The highest BCUT2D eigenvalue weighted by atomic mass is 32.2. The van der Waals surface area contributed by atoms with Crippen molar-refractivity contribution in [2.45, 2.75) is 24.7 Å². The van der Waals surface area contributed by atoms with Gasteiger partial charge < -0.3 is 9.64 Å². The number of thioether (sulfide) groups is 1. The number of amides is 1. The van der Waals surface area contributed by atoms with Crippen molar-refractivity contribution in [3.8, 4) is 0 Å². The molecule has 19 heavy (non-hydrogen) atoms. The van der Waals surface area contributed by atoms with Gasteiger partial charge in [0.25, 0.3) is 5.91 Å². The van der Waals surface area contributed by atoms with Crippen LogP contribution < -0.4 is 0 Å². The number of benzene rings is 1. The largest absolute Gasteiger partial charge is 0.363 e. The van der Waals surface area contributed by atoms with Crippen LogP contribution in [-0.2, 0) is 4.74 Å². The van der Waals surface area contributed by atoms with Gasteiger partial charge in [0.2, 0.25) is 0 Å². The van der Waals surface area contributed by atoms with Gasteiger partial charge in [-0.05, 0) is 18.6 Å². The Morgan fingerprint density at radius 1 is 1.32 bits per heavy atom. The van der Waals surface area contributed by atoms with Crippen molar-refractivity contribution in [3.63, 3.8) is 0 Å². The highest BCUT2D eigenvalue weighted by Gasteiger charge is 2.40. The number of carbonyl (C=O) groups excluding carboxylic acids is 1. The molecule has 4 heteroatoms. The van der Waals surface area contributed by atoms with Crippen LogP contribution in [-0.4, -0.2) is 41.2 Å². The van der Waals surface area contributed by atoms with Crippen LogP contribution in [0.2, 0.25) is 0 Å². The van der Waals surface area contributed by atoms with Gasteiger partial charge in [-0.2, -0.15) is 0 Å². The summed E-state index contributed by atoms with van der Waals surface area (Å²) in [4.78, 5) is 14.5. The second-order valence-corrected chi connectivity index (χ2v) is 6.66. The number of ether oxygens (including phenoxy) is 1. The molecule has 2 aliphatic heterocycles. The third-order valence-electron chi connectivity index (χ3n) is 4.00. The number of rotatable bonds is 1. The zero-order chi connectivity index (χ0) is 13.3. The molecule has 2 saturated heterocycles. The van der Waals surface area contributed by atoms with Gasteiger partial charge >= 0.3 is 0 Å². The smallest absolute Gasteiger partial charge is 0.254 e. The second kappa shape index (κ2) is 5.17. The van der Waals surface area contributed by atoms with Crippen LogP contribution >= 0.6 is 11.8 Å². The first-order chi connectivity index (χ1) is 9.20. The van der Waals surface area contributed by atoms with Crippen LogP contribution in [0.4, 0.5) is 0 Å². The number of nitrogens with zero attached hydrogens (tertiary/aromatic N) is 1.